The van der Waals surface area contributed by atoms with Crippen molar-refractivity contribution in [1.82, 2.24) is 20.5 Å². The van der Waals surface area contributed by atoms with E-state index < -0.39 is 17.5 Å². The summed E-state index contributed by atoms with van der Waals surface area (Å²) in [6.07, 6.45) is 1.42. The van der Waals surface area contributed by atoms with Gasteiger partial charge >= 0.3 is 6.03 Å². The van der Waals surface area contributed by atoms with Crippen LogP contribution in [0.15, 0.2) is 40.9 Å². The highest BCUT2D eigenvalue weighted by Gasteiger charge is 2.53. The predicted molar refractivity (Wildman–Crippen MR) is 114 cm³/mol. The molecule has 33 heavy (non-hydrogen) atoms. The summed E-state index contributed by atoms with van der Waals surface area (Å²) in [5.74, 6) is -0.532. The molecular formula is C22H19N5O6. The summed E-state index contributed by atoms with van der Waals surface area (Å²) in [6, 6.07) is 7.70. The average molecular weight is 449 g/mol. The van der Waals surface area contributed by atoms with Gasteiger partial charge in [0, 0.05) is 24.4 Å². The fourth-order valence-electron chi connectivity index (χ4n) is 4.15. The second-order valence-corrected chi connectivity index (χ2v) is 7.91. The molecule has 11 nitrogen and oxygen atoms in total. The van der Waals surface area contributed by atoms with Gasteiger partial charge in [-0.25, -0.2) is 9.78 Å². The fourth-order valence-corrected chi connectivity index (χ4v) is 4.15. The van der Waals surface area contributed by atoms with Crippen LogP contribution < -0.4 is 20.7 Å². The minimum absolute atomic E-state index is 0.120. The number of rotatable bonds is 5. The van der Waals surface area contributed by atoms with Crippen LogP contribution in [0.5, 0.6) is 5.75 Å². The molecule has 5 amide bonds. The largest absolute Gasteiger partial charge is 0.497 e. The smallest absolute Gasteiger partial charge is 0.322 e. The molecular weight excluding hydrogens is 430 g/mol. The Morgan fingerprint density at radius 1 is 1.27 bits per heavy atom. The molecule has 168 valence electrons. The number of benzene rings is 1. The molecule has 2 aliphatic heterocycles. The number of carbonyl (C=O) groups excluding carboxylic acids is 4. The lowest BCUT2D eigenvalue weighted by molar-refractivity contribution is -0.125. The van der Waals surface area contributed by atoms with Gasteiger partial charge in [-0.2, -0.15) is 0 Å². The van der Waals surface area contributed by atoms with E-state index in [0.717, 1.165) is 5.56 Å². The van der Waals surface area contributed by atoms with E-state index in [1.807, 2.05) is 0 Å². The van der Waals surface area contributed by atoms with E-state index in [4.69, 9.17) is 9.15 Å². The summed E-state index contributed by atoms with van der Waals surface area (Å²) < 4.78 is 11.0. The topological polar surface area (TPSA) is 143 Å². The number of hydrogen-bond donors (Lipinski definition) is 3. The molecule has 5 rings (SSSR count). The van der Waals surface area contributed by atoms with E-state index in [2.05, 4.69) is 20.9 Å². The molecule has 0 bridgehead atoms. The van der Waals surface area contributed by atoms with Crippen molar-refractivity contribution in [2.75, 3.05) is 19.0 Å². The minimum Gasteiger partial charge on any atom is -0.497 e. The van der Waals surface area contributed by atoms with Gasteiger partial charge in [0.05, 0.1) is 25.5 Å². The molecule has 2 aromatic heterocycles. The third kappa shape index (κ3) is 3.34. The number of ether oxygens (including phenoxy) is 1. The highest BCUT2D eigenvalue weighted by atomic mass is 16.5. The number of nitrogens with one attached hydrogen (secondary N) is 3. The number of pyridine rings is 1. The predicted octanol–water partition coefficient (Wildman–Crippen LogP) is 1.49. The first-order valence-corrected chi connectivity index (χ1v) is 10.1. The van der Waals surface area contributed by atoms with E-state index in [9.17, 15) is 19.2 Å². The second kappa shape index (κ2) is 7.33. The van der Waals surface area contributed by atoms with Crippen LogP contribution in [-0.2, 0) is 21.7 Å². The Balaban J connectivity index is 1.52. The monoisotopic (exact) mass is 449 g/mol. The van der Waals surface area contributed by atoms with Gasteiger partial charge < -0.3 is 24.7 Å². The Labute approximate surface area is 187 Å². The zero-order chi connectivity index (χ0) is 23.3. The van der Waals surface area contributed by atoms with Crippen LogP contribution in [0.4, 0.5) is 10.5 Å². The number of imide groups is 1. The van der Waals surface area contributed by atoms with Crippen LogP contribution in [0.3, 0.4) is 0 Å². The van der Waals surface area contributed by atoms with Crippen LogP contribution in [0, 0.1) is 0 Å². The third-order valence-corrected chi connectivity index (χ3v) is 5.68. The number of nitrogens with zero attached hydrogens (tertiary/aromatic N) is 2. The molecule has 0 radical (unpaired) electrons. The van der Waals surface area contributed by atoms with Crippen molar-refractivity contribution in [3.05, 3.63) is 53.4 Å². The highest BCUT2D eigenvalue weighted by Crippen LogP contribution is 2.35. The number of amides is 5. The van der Waals surface area contributed by atoms with Gasteiger partial charge in [-0.1, -0.05) is 6.07 Å². The first-order valence-electron chi connectivity index (χ1n) is 10.1. The number of furan rings is 1. The molecule has 1 atom stereocenters. The zero-order valence-corrected chi connectivity index (χ0v) is 17.7. The quantitative estimate of drug-likeness (QED) is 0.501. The van der Waals surface area contributed by atoms with Crippen LogP contribution in [0.25, 0.3) is 11.1 Å². The minimum atomic E-state index is -1.65. The maximum Gasteiger partial charge on any atom is 0.322 e. The molecule has 3 aromatic rings. The van der Waals surface area contributed by atoms with Crippen molar-refractivity contribution in [1.29, 1.82) is 0 Å². The zero-order valence-electron chi connectivity index (χ0n) is 17.7. The Hall–Kier alpha value is -4.41. The standard InChI is InChI=1S/C22H19N5O6/c1-11(28)24-14-5-13-6-17(33-18(13)23-8-14)22(20(30)25-21(31)26-22)10-27-9-12-3-4-15(32-2)7-16(12)19(27)29/h3-8H,9-10H2,1-2H3,(H,24,28)(H2,25,26,30,31). The summed E-state index contributed by atoms with van der Waals surface area (Å²) in [5.41, 5.74) is 0.282. The van der Waals surface area contributed by atoms with Gasteiger partial charge in [0.25, 0.3) is 11.8 Å². The van der Waals surface area contributed by atoms with Gasteiger partial charge in [-0.3, -0.25) is 19.7 Å². The SMILES string of the molecule is COc1ccc2c(c1)C(=O)N(CC1(c3cc4cc(NC(C)=O)cnc4o3)NC(=O)NC1=O)C2. The van der Waals surface area contributed by atoms with E-state index in [-0.39, 0.29) is 36.4 Å². The normalized spacial score (nSPS) is 19.5. The molecule has 2 aliphatic rings. The lowest BCUT2D eigenvalue weighted by Crippen LogP contribution is -2.52. The molecule has 1 saturated heterocycles. The molecule has 11 heteroatoms. The van der Waals surface area contributed by atoms with Crippen molar-refractivity contribution in [3.63, 3.8) is 0 Å². The van der Waals surface area contributed by atoms with Gasteiger partial charge in [0.15, 0.2) is 5.54 Å². The summed E-state index contributed by atoms with van der Waals surface area (Å²) in [7, 11) is 1.51. The molecule has 3 N–H and O–H groups in total. The Morgan fingerprint density at radius 2 is 2.09 bits per heavy atom. The second-order valence-electron chi connectivity index (χ2n) is 7.91. The van der Waals surface area contributed by atoms with Gasteiger partial charge in [-0.05, 0) is 29.8 Å². The van der Waals surface area contributed by atoms with Gasteiger partial charge in [0.1, 0.15) is 11.5 Å². The maximum atomic E-state index is 13.1. The summed E-state index contributed by atoms with van der Waals surface area (Å²) in [4.78, 5) is 55.2. The maximum absolute atomic E-state index is 13.1. The molecule has 0 saturated carbocycles. The Kier molecular flexibility index (Phi) is 4.55. The molecule has 1 aromatic carbocycles. The molecule has 0 aliphatic carbocycles. The fraction of sp³-hybridized carbons (Fsp3) is 0.227. The van der Waals surface area contributed by atoms with Crippen molar-refractivity contribution >= 4 is 40.5 Å². The van der Waals surface area contributed by atoms with E-state index in [1.54, 1.807) is 30.3 Å². The third-order valence-electron chi connectivity index (χ3n) is 5.68. The number of urea groups is 1. The van der Waals surface area contributed by atoms with Crippen molar-refractivity contribution in [2.24, 2.45) is 0 Å². The molecule has 4 heterocycles. The summed E-state index contributed by atoms with van der Waals surface area (Å²) in [5, 5.41) is 8.01. The number of anilines is 1. The average Bonchev–Trinajstić information content (AvgIpc) is 3.41. The van der Waals surface area contributed by atoms with Gasteiger partial charge in [-0.15, -0.1) is 0 Å². The highest BCUT2D eigenvalue weighted by molar-refractivity contribution is 6.08. The van der Waals surface area contributed by atoms with Crippen molar-refractivity contribution in [2.45, 2.75) is 19.0 Å². The van der Waals surface area contributed by atoms with Crippen molar-refractivity contribution < 1.29 is 28.3 Å². The number of fused-ring (bicyclic) bond motifs is 2. The number of hydrogen-bond acceptors (Lipinski definition) is 7. The lowest BCUT2D eigenvalue weighted by Gasteiger charge is -2.28. The molecule has 1 fully saturated rings. The lowest BCUT2D eigenvalue weighted by atomic mass is 9.95. The Morgan fingerprint density at radius 3 is 2.79 bits per heavy atom. The van der Waals surface area contributed by atoms with Crippen LogP contribution in [0.2, 0.25) is 0 Å². The van der Waals surface area contributed by atoms with Crippen LogP contribution in [-0.4, -0.2) is 47.3 Å². The summed E-state index contributed by atoms with van der Waals surface area (Å²) in [6.45, 7) is 1.48. The number of methoxy groups -OCH3 is 1. The Bertz CT molecular complexity index is 1350. The first kappa shape index (κ1) is 20.5. The van der Waals surface area contributed by atoms with E-state index in [0.29, 0.717) is 22.4 Å². The van der Waals surface area contributed by atoms with Gasteiger partial charge in [0.2, 0.25) is 11.6 Å². The summed E-state index contributed by atoms with van der Waals surface area (Å²) >= 11 is 0. The number of carbonyl (C=O) groups is 4. The van der Waals surface area contributed by atoms with Crippen molar-refractivity contribution in [3.8, 4) is 5.75 Å². The van der Waals surface area contributed by atoms with E-state index >= 15 is 0 Å². The van der Waals surface area contributed by atoms with E-state index in [1.165, 1.54) is 25.1 Å². The molecule has 1 unspecified atom stereocenters. The first-order chi connectivity index (χ1) is 15.8. The van der Waals surface area contributed by atoms with Crippen LogP contribution in [0.1, 0.15) is 28.6 Å². The number of aromatic nitrogens is 1. The van der Waals surface area contributed by atoms with Crippen LogP contribution >= 0.6 is 0 Å². The molecule has 0 spiro atoms.